The van der Waals surface area contributed by atoms with Crippen LogP contribution in [0.2, 0.25) is 0 Å². The Morgan fingerprint density at radius 2 is 2.24 bits per heavy atom. The first-order valence-electron chi connectivity index (χ1n) is 4.94. The molecule has 6 heteroatoms. The molecular weight excluding hydrogens is 289 g/mol. The van der Waals surface area contributed by atoms with E-state index < -0.39 is 5.82 Å². The monoisotopic (exact) mass is 295 g/mol. The van der Waals surface area contributed by atoms with Gasteiger partial charge in [0.05, 0.1) is 16.2 Å². The molecule has 1 aromatic carbocycles. The number of aryl methyl sites for hydroxylation is 1. The van der Waals surface area contributed by atoms with Crippen LogP contribution in [0.4, 0.5) is 4.39 Å². The van der Waals surface area contributed by atoms with E-state index in [1.54, 1.807) is 25.3 Å². The minimum atomic E-state index is -0.491. The van der Waals surface area contributed by atoms with E-state index in [0.29, 0.717) is 15.5 Å². The molecule has 3 aromatic rings. The summed E-state index contributed by atoms with van der Waals surface area (Å²) in [5.74, 6) is -0.491. The Balaban J connectivity index is 2.67. The van der Waals surface area contributed by atoms with Gasteiger partial charge in [0.15, 0.2) is 5.82 Å². The molecule has 0 bridgehead atoms. The zero-order valence-corrected chi connectivity index (χ0v) is 10.4. The lowest BCUT2D eigenvalue weighted by atomic mass is 10.2. The fourth-order valence-corrected chi connectivity index (χ4v) is 2.23. The molecular formula is C11H7BrFN3O. The summed E-state index contributed by atoms with van der Waals surface area (Å²) in [5.41, 5.74) is 1.55. The largest absolute Gasteiger partial charge is 0.316 e. The molecule has 1 N–H and O–H groups in total. The van der Waals surface area contributed by atoms with Crippen molar-refractivity contribution in [1.82, 2.24) is 14.6 Å². The SMILES string of the molecule is Cc1cnn2c1c(=O)[nH]c1c(F)c(Br)ccc12. The first kappa shape index (κ1) is 10.5. The number of rotatable bonds is 0. The molecule has 86 valence electrons. The Kier molecular flexibility index (Phi) is 2.09. The molecule has 4 nitrogen and oxygen atoms in total. The number of nitrogens with zero attached hydrogens (tertiary/aromatic N) is 2. The third kappa shape index (κ3) is 1.33. The quantitative estimate of drug-likeness (QED) is 0.692. The average molecular weight is 296 g/mol. The van der Waals surface area contributed by atoms with Crippen molar-refractivity contribution in [2.45, 2.75) is 6.92 Å². The van der Waals surface area contributed by atoms with Gasteiger partial charge < -0.3 is 4.98 Å². The van der Waals surface area contributed by atoms with Crippen molar-refractivity contribution in [3.8, 4) is 0 Å². The lowest BCUT2D eigenvalue weighted by Crippen LogP contribution is -2.12. The second-order valence-corrected chi connectivity index (χ2v) is 4.65. The fraction of sp³-hybridized carbons (Fsp3) is 0.0909. The maximum Gasteiger partial charge on any atom is 0.274 e. The lowest BCUT2D eigenvalue weighted by Gasteiger charge is -2.04. The first-order chi connectivity index (χ1) is 8.09. The number of benzene rings is 1. The van der Waals surface area contributed by atoms with Gasteiger partial charge in [-0.05, 0) is 35.0 Å². The summed E-state index contributed by atoms with van der Waals surface area (Å²) in [6, 6.07) is 3.30. The van der Waals surface area contributed by atoms with Crippen LogP contribution in [0.1, 0.15) is 5.56 Å². The van der Waals surface area contributed by atoms with Crippen molar-refractivity contribution in [2.75, 3.05) is 0 Å². The Morgan fingerprint density at radius 1 is 1.47 bits per heavy atom. The van der Waals surface area contributed by atoms with Gasteiger partial charge in [-0.15, -0.1) is 0 Å². The molecule has 0 aliphatic carbocycles. The Labute approximate surface area is 103 Å². The average Bonchev–Trinajstić information content (AvgIpc) is 2.68. The van der Waals surface area contributed by atoms with E-state index in [1.807, 2.05) is 0 Å². The maximum absolute atomic E-state index is 13.9. The highest BCUT2D eigenvalue weighted by molar-refractivity contribution is 9.10. The van der Waals surface area contributed by atoms with Gasteiger partial charge in [-0.2, -0.15) is 5.10 Å². The van der Waals surface area contributed by atoms with Crippen LogP contribution in [-0.2, 0) is 0 Å². The molecule has 0 amide bonds. The second-order valence-electron chi connectivity index (χ2n) is 3.80. The molecule has 0 saturated heterocycles. The summed E-state index contributed by atoms with van der Waals surface area (Å²) in [6.45, 7) is 1.79. The van der Waals surface area contributed by atoms with Crippen molar-refractivity contribution < 1.29 is 4.39 Å². The first-order valence-corrected chi connectivity index (χ1v) is 5.73. The smallest absolute Gasteiger partial charge is 0.274 e. The normalized spacial score (nSPS) is 11.5. The number of fused-ring (bicyclic) bond motifs is 3. The summed E-state index contributed by atoms with van der Waals surface area (Å²) >= 11 is 3.08. The van der Waals surface area contributed by atoms with Crippen LogP contribution < -0.4 is 5.56 Å². The van der Waals surface area contributed by atoms with Crippen LogP contribution in [0.25, 0.3) is 16.6 Å². The Bertz CT molecular complexity index is 806. The van der Waals surface area contributed by atoms with Gasteiger partial charge in [0.25, 0.3) is 5.56 Å². The predicted octanol–water partition coefficient (Wildman–Crippen LogP) is 2.39. The van der Waals surface area contributed by atoms with Crippen molar-refractivity contribution >= 4 is 32.5 Å². The fourth-order valence-electron chi connectivity index (χ4n) is 1.90. The predicted molar refractivity (Wildman–Crippen MR) is 65.7 cm³/mol. The number of hydrogen-bond acceptors (Lipinski definition) is 2. The summed E-state index contributed by atoms with van der Waals surface area (Å²) in [7, 11) is 0. The van der Waals surface area contributed by atoms with Gasteiger partial charge >= 0.3 is 0 Å². The van der Waals surface area contributed by atoms with Crippen LogP contribution in [0.5, 0.6) is 0 Å². The molecule has 0 unspecified atom stereocenters. The number of hydrogen-bond donors (Lipinski definition) is 1. The van der Waals surface area contributed by atoms with Gasteiger partial charge in [0, 0.05) is 5.56 Å². The van der Waals surface area contributed by atoms with E-state index >= 15 is 0 Å². The molecule has 3 rings (SSSR count). The second kappa shape index (κ2) is 3.40. The highest BCUT2D eigenvalue weighted by Gasteiger charge is 2.13. The van der Waals surface area contributed by atoms with Crippen LogP contribution >= 0.6 is 15.9 Å². The molecule has 0 aliphatic heterocycles. The van der Waals surface area contributed by atoms with Crippen molar-refractivity contribution in [2.24, 2.45) is 0 Å². The molecule has 0 aliphatic rings. The molecule has 0 saturated carbocycles. The minimum Gasteiger partial charge on any atom is -0.316 e. The van der Waals surface area contributed by atoms with Crippen LogP contribution in [0, 0.1) is 12.7 Å². The zero-order chi connectivity index (χ0) is 12.2. The lowest BCUT2D eigenvalue weighted by molar-refractivity contribution is 0.629. The van der Waals surface area contributed by atoms with Gasteiger partial charge in [-0.25, -0.2) is 8.91 Å². The van der Waals surface area contributed by atoms with Gasteiger partial charge in [-0.1, -0.05) is 0 Å². The van der Waals surface area contributed by atoms with Gasteiger partial charge in [0.2, 0.25) is 0 Å². The molecule has 0 radical (unpaired) electrons. The van der Waals surface area contributed by atoms with Gasteiger partial charge in [-0.3, -0.25) is 4.79 Å². The molecule has 0 atom stereocenters. The van der Waals surface area contributed by atoms with E-state index in [9.17, 15) is 9.18 Å². The molecule has 2 aromatic heterocycles. The minimum absolute atomic E-state index is 0.153. The Morgan fingerprint density at radius 3 is 3.00 bits per heavy atom. The van der Waals surface area contributed by atoms with Gasteiger partial charge in [0.1, 0.15) is 11.0 Å². The van der Waals surface area contributed by atoms with E-state index in [1.165, 1.54) is 4.52 Å². The summed E-state index contributed by atoms with van der Waals surface area (Å²) in [4.78, 5) is 14.4. The standard InChI is InChI=1S/C11H7BrFN3O/c1-5-4-14-16-7-3-2-6(12)8(13)9(7)15-11(17)10(5)16/h2-4H,1H3,(H,15,17). The zero-order valence-electron chi connectivity index (χ0n) is 8.79. The number of halogens is 2. The topological polar surface area (TPSA) is 50.2 Å². The molecule has 17 heavy (non-hydrogen) atoms. The summed E-state index contributed by atoms with van der Waals surface area (Å²) in [5, 5.41) is 4.09. The summed E-state index contributed by atoms with van der Waals surface area (Å²) < 4.78 is 15.6. The third-order valence-electron chi connectivity index (χ3n) is 2.71. The van der Waals surface area contributed by atoms with Crippen molar-refractivity contribution in [1.29, 1.82) is 0 Å². The van der Waals surface area contributed by atoms with E-state index in [4.69, 9.17) is 0 Å². The number of H-pyrrole nitrogens is 1. The number of aromatic nitrogens is 3. The maximum atomic E-state index is 13.9. The third-order valence-corrected chi connectivity index (χ3v) is 3.32. The number of aromatic amines is 1. The highest BCUT2D eigenvalue weighted by Crippen LogP contribution is 2.23. The molecule has 0 fully saturated rings. The van der Waals surface area contributed by atoms with Crippen LogP contribution in [0.15, 0.2) is 27.6 Å². The van der Waals surface area contributed by atoms with Crippen LogP contribution in [0.3, 0.4) is 0 Å². The molecule has 2 heterocycles. The molecule has 0 spiro atoms. The van der Waals surface area contributed by atoms with Crippen LogP contribution in [-0.4, -0.2) is 14.6 Å². The summed E-state index contributed by atoms with van der Waals surface area (Å²) in [6.07, 6.45) is 1.59. The van der Waals surface area contributed by atoms with Crippen molar-refractivity contribution in [3.05, 3.63) is 44.5 Å². The van der Waals surface area contributed by atoms with E-state index in [0.717, 1.165) is 5.56 Å². The number of nitrogens with one attached hydrogen (secondary N) is 1. The Hall–Kier alpha value is -1.69. The highest BCUT2D eigenvalue weighted by atomic mass is 79.9. The van der Waals surface area contributed by atoms with E-state index in [2.05, 4.69) is 26.0 Å². The van der Waals surface area contributed by atoms with E-state index in [-0.39, 0.29) is 11.1 Å². The van der Waals surface area contributed by atoms with Crippen molar-refractivity contribution in [3.63, 3.8) is 0 Å².